The summed E-state index contributed by atoms with van der Waals surface area (Å²) in [4.78, 5) is 6.98. The van der Waals surface area contributed by atoms with Gasteiger partial charge in [-0.1, -0.05) is 13.8 Å². The molecule has 2 rings (SSSR count). The lowest BCUT2D eigenvalue weighted by Gasteiger charge is -2.35. The molecule has 22 heavy (non-hydrogen) atoms. The van der Waals surface area contributed by atoms with E-state index in [0.29, 0.717) is 6.04 Å². The number of hydrogen-bond acceptors (Lipinski definition) is 3. The fourth-order valence-electron chi connectivity index (χ4n) is 3.98. The van der Waals surface area contributed by atoms with Gasteiger partial charge in [-0.3, -0.25) is 4.99 Å². The predicted molar refractivity (Wildman–Crippen MR) is 98.8 cm³/mol. The van der Waals surface area contributed by atoms with Crippen molar-refractivity contribution in [2.24, 2.45) is 16.8 Å². The SMILES string of the molecule is CN=C(NCCN1CC(C)CC(C)C1)NC1CCC(SC)C1. The van der Waals surface area contributed by atoms with Crippen LogP contribution in [0.5, 0.6) is 0 Å². The fraction of sp³-hybridized carbons (Fsp3) is 0.941. The van der Waals surface area contributed by atoms with Gasteiger partial charge in [-0.05, 0) is 43.8 Å². The predicted octanol–water partition coefficient (Wildman–Crippen LogP) is 2.41. The highest BCUT2D eigenvalue weighted by atomic mass is 32.2. The number of likely N-dealkylation sites (tertiary alicyclic amines) is 1. The molecule has 0 radical (unpaired) electrons. The van der Waals surface area contributed by atoms with Gasteiger partial charge < -0.3 is 15.5 Å². The molecule has 1 aliphatic carbocycles. The van der Waals surface area contributed by atoms with Crippen LogP contribution in [0.2, 0.25) is 0 Å². The Morgan fingerprint density at radius 2 is 1.91 bits per heavy atom. The third kappa shape index (κ3) is 5.65. The summed E-state index contributed by atoms with van der Waals surface area (Å²) in [6, 6.07) is 0.596. The first-order valence-corrected chi connectivity index (χ1v) is 10.1. The van der Waals surface area contributed by atoms with Crippen molar-refractivity contribution < 1.29 is 0 Å². The van der Waals surface area contributed by atoms with Gasteiger partial charge in [0.1, 0.15) is 0 Å². The molecule has 1 heterocycles. The second-order valence-corrected chi connectivity index (χ2v) is 8.35. The fourth-order valence-corrected chi connectivity index (χ4v) is 4.78. The molecule has 128 valence electrons. The summed E-state index contributed by atoms with van der Waals surface area (Å²) < 4.78 is 0. The Bertz CT molecular complexity index is 351. The van der Waals surface area contributed by atoms with Crippen LogP contribution < -0.4 is 10.6 Å². The molecule has 0 aromatic carbocycles. The van der Waals surface area contributed by atoms with Gasteiger partial charge >= 0.3 is 0 Å². The Hall–Kier alpha value is -0.420. The quantitative estimate of drug-likeness (QED) is 0.601. The van der Waals surface area contributed by atoms with Gasteiger partial charge in [0.15, 0.2) is 5.96 Å². The van der Waals surface area contributed by atoms with E-state index in [1.54, 1.807) is 0 Å². The lowest BCUT2D eigenvalue weighted by Crippen LogP contribution is -2.47. The maximum absolute atomic E-state index is 4.38. The lowest BCUT2D eigenvalue weighted by atomic mass is 9.92. The van der Waals surface area contributed by atoms with Crippen molar-refractivity contribution in [3.05, 3.63) is 0 Å². The zero-order chi connectivity index (χ0) is 15.9. The van der Waals surface area contributed by atoms with Crippen molar-refractivity contribution in [3.63, 3.8) is 0 Å². The summed E-state index contributed by atoms with van der Waals surface area (Å²) in [5.41, 5.74) is 0. The third-order valence-corrected chi connectivity index (χ3v) is 6.04. The largest absolute Gasteiger partial charge is 0.355 e. The van der Waals surface area contributed by atoms with E-state index >= 15 is 0 Å². The van der Waals surface area contributed by atoms with Gasteiger partial charge in [-0.25, -0.2) is 0 Å². The second kappa shape index (κ2) is 9.02. The van der Waals surface area contributed by atoms with E-state index < -0.39 is 0 Å². The number of nitrogens with zero attached hydrogens (tertiary/aromatic N) is 2. The number of guanidine groups is 1. The van der Waals surface area contributed by atoms with Crippen LogP contribution in [0.15, 0.2) is 4.99 Å². The minimum Gasteiger partial charge on any atom is -0.355 e. The molecule has 1 saturated heterocycles. The van der Waals surface area contributed by atoms with Crippen LogP contribution in [0, 0.1) is 11.8 Å². The van der Waals surface area contributed by atoms with Crippen molar-refractivity contribution in [1.29, 1.82) is 0 Å². The van der Waals surface area contributed by atoms with E-state index in [4.69, 9.17) is 0 Å². The Morgan fingerprint density at radius 1 is 1.18 bits per heavy atom. The Balaban J connectivity index is 1.66. The summed E-state index contributed by atoms with van der Waals surface area (Å²) in [7, 11) is 1.88. The summed E-state index contributed by atoms with van der Waals surface area (Å²) in [5, 5.41) is 7.91. The smallest absolute Gasteiger partial charge is 0.191 e. The van der Waals surface area contributed by atoms with Gasteiger partial charge in [0.2, 0.25) is 0 Å². The normalized spacial score (nSPS) is 33.9. The van der Waals surface area contributed by atoms with E-state index in [0.717, 1.165) is 36.1 Å². The first-order chi connectivity index (χ1) is 10.6. The first kappa shape index (κ1) is 17.9. The number of aliphatic imine (C=N–C) groups is 1. The molecule has 0 bridgehead atoms. The number of nitrogens with one attached hydrogen (secondary N) is 2. The van der Waals surface area contributed by atoms with Crippen molar-refractivity contribution in [1.82, 2.24) is 15.5 Å². The van der Waals surface area contributed by atoms with E-state index in [-0.39, 0.29) is 0 Å². The standard InChI is InChI=1S/C17H34N4S/c1-13-9-14(2)12-21(11-13)8-7-19-17(18-3)20-15-5-6-16(10-15)22-4/h13-16H,5-12H2,1-4H3,(H2,18,19,20). The topological polar surface area (TPSA) is 39.7 Å². The maximum Gasteiger partial charge on any atom is 0.191 e. The highest BCUT2D eigenvalue weighted by molar-refractivity contribution is 7.99. The zero-order valence-electron chi connectivity index (χ0n) is 14.8. The van der Waals surface area contributed by atoms with Crippen molar-refractivity contribution in [2.75, 3.05) is 39.5 Å². The van der Waals surface area contributed by atoms with E-state index in [2.05, 4.69) is 40.6 Å². The maximum atomic E-state index is 4.38. The van der Waals surface area contributed by atoms with Crippen LogP contribution in [-0.2, 0) is 0 Å². The van der Waals surface area contributed by atoms with Crippen molar-refractivity contribution in [2.45, 2.75) is 50.8 Å². The van der Waals surface area contributed by atoms with Gasteiger partial charge in [-0.2, -0.15) is 11.8 Å². The molecule has 2 fully saturated rings. The lowest BCUT2D eigenvalue weighted by molar-refractivity contribution is 0.143. The zero-order valence-corrected chi connectivity index (χ0v) is 15.6. The van der Waals surface area contributed by atoms with Gasteiger partial charge in [-0.15, -0.1) is 0 Å². The van der Waals surface area contributed by atoms with E-state index in [9.17, 15) is 0 Å². The van der Waals surface area contributed by atoms with E-state index in [1.807, 2.05) is 18.8 Å². The van der Waals surface area contributed by atoms with Crippen LogP contribution in [0.25, 0.3) is 0 Å². The molecule has 0 amide bonds. The molecule has 0 aromatic rings. The summed E-state index contributed by atoms with van der Waals surface area (Å²) >= 11 is 2.00. The van der Waals surface area contributed by atoms with Gasteiger partial charge in [0.25, 0.3) is 0 Å². The Kier molecular flexibility index (Phi) is 7.35. The summed E-state index contributed by atoms with van der Waals surface area (Å²) in [6.07, 6.45) is 7.47. The molecule has 4 atom stereocenters. The highest BCUT2D eigenvalue weighted by Crippen LogP contribution is 2.28. The molecular formula is C17H34N4S. The van der Waals surface area contributed by atoms with Crippen LogP contribution in [0.4, 0.5) is 0 Å². The van der Waals surface area contributed by atoms with Crippen LogP contribution >= 0.6 is 11.8 Å². The Morgan fingerprint density at radius 3 is 2.50 bits per heavy atom. The van der Waals surface area contributed by atoms with Gasteiger partial charge in [0.05, 0.1) is 0 Å². The second-order valence-electron chi connectivity index (χ2n) is 7.22. The minimum absolute atomic E-state index is 0.596. The number of hydrogen-bond donors (Lipinski definition) is 2. The van der Waals surface area contributed by atoms with Gasteiger partial charge in [0, 0.05) is 44.5 Å². The highest BCUT2D eigenvalue weighted by Gasteiger charge is 2.25. The monoisotopic (exact) mass is 326 g/mol. The molecule has 2 N–H and O–H groups in total. The molecule has 4 unspecified atom stereocenters. The average molecular weight is 327 g/mol. The molecule has 2 aliphatic rings. The minimum atomic E-state index is 0.596. The van der Waals surface area contributed by atoms with Crippen molar-refractivity contribution in [3.8, 4) is 0 Å². The first-order valence-electron chi connectivity index (χ1n) is 8.83. The molecule has 1 aliphatic heterocycles. The number of rotatable bonds is 5. The molecule has 0 spiro atoms. The summed E-state index contributed by atoms with van der Waals surface area (Å²) in [5.74, 6) is 2.65. The van der Waals surface area contributed by atoms with Crippen LogP contribution in [0.1, 0.15) is 39.5 Å². The number of thioether (sulfide) groups is 1. The van der Waals surface area contributed by atoms with Crippen LogP contribution in [0.3, 0.4) is 0 Å². The molecular weight excluding hydrogens is 292 g/mol. The number of piperidine rings is 1. The molecule has 1 saturated carbocycles. The molecule has 4 nitrogen and oxygen atoms in total. The third-order valence-electron chi connectivity index (χ3n) is 4.95. The Labute approximate surface area is 140 Å². The molecule has 0 aromatic heterocycles. The molecule has 5 heteroatoms. The van der Waals surface area contributed by atoms with Crippen molar-refractivity contribution >= 4 is 17.7 Å². The average Bonchev–Trinajstić information content (AvgIpc) is 2.93. The summed E-state index contributed by atoms with van der Waals surface area (Å²) in [6.45, 7) is 9.34. The van der Waals surface area contributed by atoms with Crippen LogP contribution in [-0.4, -0.2) is 61.6 Å². The van der Waals surface area contributed by atoms with E-state index in [1.165, 1.54) is 38.8 Å².